The fourth-order valence-corrected chi connectivity index (χ4v) is 5.37. The molecule has 3 aromatic rings. The summed E-state index contributed by atoms with van der Waals surface area (Å²) in [5.41, 5.74) is 8.01. The Morgan fingerprint density at radius 1 is 1.21 bits per heavy atom. The molecule has 0 saturated carbocycles. The van der Waals surface area contributed by atoms with Crippen LogP contribution in [0.5, 0.6) is 0 Å². The van der Waals surface area contributed by atoms with E-state index in [-0.39, 0.29) is 11.9 Å². The van der Waals surface area contributed by atoms with Gasteiger partial charge in [0.15, 0.2) is 5.13 Å². The summed E-state index contributed by atoms with van der Waals surface area (Å²) in [6.07, 6.45) is 3.92. The molecule has 7 nitrogen and oxygen atoms in total. The number of fused-ring (bicyclic) bond motifs is 1. The van der Waals surface area contributed by atoms with E-state index >= 15 is 0 Å². The first kappa shape index (κ1) is 17.6. The molecule has 2 aromatic heterocycles. The van der Waals surface area contributed by atoms with Crippen LogP contribution in [0.2, 0.25) is 0 Å². The van der Waals surface area contributed by atoms with Gasteiger partial charge in [0.05, 0.1) is 28.8 Å². The Hall–Kier alpha value is -2.46. The number of morpholine rings is 1. The Morgan fingerprint density at radius 2 is 2.04 bits per heavy atom. The fraction of sp³-hybridized carbons (Fsp3) is 0.263. The highest BCUT2D eigenvalue weighted by Crippen LogP contribution is 2.35. The average Bonchev–Trinajstić information content (AvgIpc) is 3.45. The van der Waals surface area contributed by atoms with Gasteiger partial charge in [0.25, 0.3) is 5.91 Å². The second kappa shape index (κ2) is 7.51. The number of amides is 1. The summed E-state index contributed by atoms with van der Waals surface area (Å²) >= 11 is 3.07. The van der Waals surface area contributed by atoms with Gasteiger partial charge in [-0.3, -0.25) is 4.79 Å². The molecule has 9 heteroatoms. The molecule has 0 radical (unpaired) electrons. The summed E-state index contributed by atoms with van der Waals surface area (Å²) in [5.74, 6) is -0.101. The van der Waals surface area contributed by atoms with Crippen LogP contribution in [0, 0.1) is 0 Å². The number of anilines is 2. The van der Waals surface area contributed by atoms with E-state index in [1.165, 1.54) is 11.3 Å². The number of rotatable bonds is 4. The standard InChI is InChI=1S/C19H19N5O2S2/c25-17(21-13-3-1-12(2-4-13)14-5-6-20-23-14)15-11-16-18(27-15)22-19(28-16)24-7-9-26-10-8-24/h1-6,11,14,20,23H,7-10H2,(H,21,25). The Kier molecular flexibility index (Phi) is 4.73. The lowest BCUT2D eigenvalue weighted by molar-refractivity contribution is 0.103. The molecule has 1 saturated heterocycles. The predicted octanol–water partition coefficient (Wildman–Crippen LogP) is 3.11. The van der Waals surface area contributed by atoms with Crippen molar-refractivity contribution >= 4 is 48.9 Å². The number of carbonyl (C=O) groups excluding carboxylic acids is 1. The molecule has 1 atom stereocenters. The third-order valence-corrected chi connectivity index (χ3v) is 6.94. The number of hydrogen-bond donors (Lipinski definition) is 3. The average molecular weight is 414 g/mol. The van der Waals surface area contributed by atoms with Crippen LogP contribution >= 0.6 is 22.7 Å². The van der Waals surface area contributed by atoms with Crippen LogP contribution in [0.4, 0.5) is 10.8 Å². The van der Waals surface area contributed by atoms with E-state index in [2.05, 4.69) is 21.1 Å². The molecule has 1 aromatic carbocycles. The molecule has 0 spiro atoms. The zero-order valence-electron chi connectivity index (χ0n) is 15.0. The summed E-state index contributed by atoms with van der Waals surface area (Å²) in [7, 11) is 0. The normalized spacial score (nSPS) is 19.1. The number of nitrogens with one attached hydrogen (secondary N) is 3. The SMILES string of the molecule is O=C(Nc1ccc(C2C=CNN2)cc1)c1cc2sc(N3CCOCC3)nc2s1. The summed E-state index contributed by atoms with van der Waals surface area (Å²) in [4.78, 5) is 21.2. The third kappa shape index (κ3) is 3.49. The molecule has 144 valence electrons. The van der Waals surface area contributed by atoms with Crippen molar-refractivity contribution < 1.29 is 9.53 Å². The summed E-state index contributed by atoms with van der Waals surface area (Å²) in [5, 5.41) is 3.98. The van der Waals surface area contributed by atoms with E-state index in [1.807, 2.05) is 42.6 Å². The Bertz CT molecular complexity index is 989. The highest BCUT2D eigenvalue weighted by Gasteiger charge is 2.19. The first-order chi connectivity index (χ1) is 13.8. The predicted molar refractivity (Wildman–Crippen MR) is 113 cm³/mol. The van der Waals surface area contributed by atoms with E-state index in [4.69, 9.17) is 9.72 Å². The zero-order chi connectivity index (χ0) is 18.9. The number of thiophene rings is 1. The van der Waals surface area contributed by atoms with Gasteiger partial charge in [-0.2, -0.15) is 0 Å². The van der Waals surface area contributed by atoms with Crippen LogP contribution < -0.4 is 21.1 Å². The lowest BCUT2D eigenvalue weighted by Gasteiger charge is -2.25. The Labute approximate surface area is 170 Å². The van der Waals surface area contributed by atoms with Gasteiger partial charge in [0, 0.05) is 25.0 Å². The summed E-state index contributed by atoms with van der Waals surface area (Å²) in [6.45, 7) is 3.21. The van der Waals surface area contributed by atoms with Gasteiger partial charge in [-0.1, -0.05) is 23.5 Å². The number of nitrogens with zero attached hydrogens (tertiary/aromatic N) is 2. The molecule has 5 rings (SSSR count). The second-order valence-corrected chi connectivity index (χ2v) is 8.62. The number of benzene rings is 1. The lowest BCUT2D eigenvalue weighted by Crippen LogP contribution is -2.36. The lowest BCUT2D eigenvalue weighted by atomic mass is 10.1. The number of carbonyl (C=O) groups is 1. The minimum atomic E-state index is -0.101. The Morgan fingerprint density at radius 3 is 2.75 bits per heavy atom. The molecule has 2 aliphatic rings. The zero-order valence-corrected chi connectivity index (χ0v) is 16.6. The van der Waals surface area contributed by atoms with E-state index in [1.54, 1.807) is 11.3 Å². The number of hydrogen-bond acceptors (Lipinski definition) is 8. The van der Waals surface area contributed by atoms with Crippen molar-refractivity contribution in [2.24, 2.45) is 0 Å². The maximum absolute atomic E-state index is 12.6. The van der Waals surface area contributed by atoms with Crippen molar-refractivity contribution in [1.29, 1.82) is 0 Å². The number of hydrazine groups is 1. The largest absolute Gasteiger partial charge is 0.378 e. The molecular weight excluding hydrogens is 394 g/mol. The molecule has 1 unspecified atom stereocenters. The van der Waals surface area contributed by atoms with Crippen LogP contribution in [0.3, 0.4) is 0 Å². The molecular formula is C19H19N5O2S2. The number of ether oxygens (including phenoxy) is 1. The molecule has 1 fully saturated rings. The summed E-state index contributed by atoms with van der Waals surface area (Å²) < 4.78 is 6.45. The first-order valence-electron chi connectivity index (χ1n) is 9.08. The van der Waals surface area contributed by atoms with E-state index in [9.17, 15) is 4.79 Å². The minimum Gasteiger partial charge on any atom is -0.378 e. The number of thiazole rings is 1. The highest BCUT2D eigenvalue weighted by molar-refractivity contribution is 7.29. The van der Waals surface area contributed by atoms with E-state index in [0.29, 0.717) is 4.88 Å². The van der Waals surface area contributed by atoms with E-state index < -0.39 is 0 Å². The van der Waals surface area contributed by atoms with Crippen LogP contribution in [0.15, 0.2) is 42.6 Å². The fourth-order valence-electron chi connectivity index (χ4n) is 3.22. The molecule has 2 aliphatic heterocycles. The molecule has 0 bridgehead atoms. The minimum absolute atomic E-state index is 0.101. The van der Waals surface area contributed by atoms with Gasteiger partial charge in [-0.25, -0.2) is 10.4 Å². The van der Waals surface area contributed by atoms with Crippen molar-refractivity contribution in [2.75, 3.05) is 36.5 Å². The molecule has 28 heavy (non-hydrogen) atoms. The molecule has 1 amide bonds. The van der Waals surface area contributed by atoms with Crippen molar-refractivity contribution in [2.45, 2.75) is 6.04 Å². The van der Waals surface area contributed by atoms with Gasteiger partial charge in [-0.15, -0.1) is 11.3 Å². The van der Waals surface area contributed by atoms with Gasteiger partial charge in [0.1, 0.15) is 4.83 Å². The van der Waals surface area contributed by atoms with Gasteiger partial charge >= 0.3 is 0 Å². The molecule has 3 N–H and O–H groups in total. The molecule has 4 heterocycles. The highest BCUT2D eigenvalue weighted by atomic mass is 32.1. The summed E-state index contributed by atoms with van der Waals surface area (Å²) in [6, 6.07) is 9.95. The van der Waals surface area contributed by atoms with Crippen LogP contribution in [0.25, 0.3) is 9.53 Å². The second-order valence-electron chi connectivity index (χ2n) is 6.58. The van der Waals surface area contributed by atoms with Crippen molar-refractivity contribution in [1.82, 2.24) is 15.8 Å². The number of aromatic nitrogens is 1. The quantitative estimate of drug-likeness (QED) is 0.610. The molecule has 0 aliphatic carbocycles. The third-order valence-electron chi connectivity index (χ3n) is 4.72. The smallest absolute Gasteiger partial charge is 0.265 e. The van der Waals surface area contributed by atoms with Crippen LogP contribution in [-0.4, -0.2) is 37.2 Å². The monoisotopic (exact) mass is 413 g/mol. The maximum Gasteiger partial charge on any atom is 0.265 e. The van der Waals surface area contributed by atoms with E-state index in [0.717, 1.165) is 52.2 Å². The van der Waals surface area contributed by atoms with Gasteiger partial charge in [-0.05, 0) is 29.8 Å². The maximum atomic E-state index is 12.6. The van der Waals surface area contributed by atoms with Gasteiger partial charge in [0.2, 0.25) is 0 Å². The first-order valence-corrected chi connectivity index (χ1v) is 10.7. The van der Waals surface area contributed by atoms with Crippen LogP contribution in [-0.2, 0) is 4.74 Å². The topological polar surface area (TPSA) is 78.5 Å². The Balaban J connectivity index is 1.27. The van der Waals surface area contributed by atoms with Crippen molar-refractivity contribution in [3.8, 4) is 0 Å². The van der Waals surface area contributed by atoms with Crippen molar-refractivity contribution in [3.63, 3.8) is 0 Å². The van der Waals surface area contributed by atoms with Crippen molar-refractivity contribution in [3.05, 3.63) is 53.0 Å². The van der Waals surface area contributed by atoms with Gasteiger partial charge < -0.3 is 20.4 Å². The van der Waals surface area contributed by atoms with Crippen LogP contribution in [0.1, 0.15) is 21.3 Å².